The molecule has 3 N–H and O–H groups in total. The minimum Gasteiger partial charge on any atom is -0.399 e. The van der Waals surface area contributed by atoms with E-state index < -0.39 is 0 Å². The van der Waals surface area contributed by atoms with Gasteiger partial charge in [-0.3, -0.25) is 4.79 Å². The number of hydrogen-bond donors (Lipinski definition) is 2. The highest BCUT2D eigenvalue weighted by Gasteiger charge is 2.19. The van der Waals surface area contributed by atoms with Crippen LogP contribution in [-0.2, 0) is 0 Å². The highest BCUT2D eigenvalue weighted by molar-refractivity contribution is 5.95. The molecule has 2 rings (SSSR count). The van der Waals surface area contributed by atoms with E-state index in [-0.39, 0.29) is 5.91 Å². The Hall–Kier alpha value is -1.51. The van der Waals surface area contributed by atoms with Gasteiger partial charge in [-0.05, 0) is 55.4 Å². The fraction of sp³-hybridized carbons (Fsp3) is 0.562. The van der Waals surface area contributed by atoms with Crippen LogP contribution in [0.15, 0.2) is 18.2 Å². The number of nitrogen functional groups attached to an aromatic ring is 1. The van der Waals surface area contributed by atoms with Crippen molar-refractivity contribution in [1.29, 1.82) is 0 Å². The highest BCUT2D eigenvalue weighted by atomic mass is 16.1. The van der Waals surface area contributed by atoms with Crippen LogP contribution in [0.2, 0.25) is 0 Å². The summed E-state index contributed by atoms with van der Waals surface area (Å²) in [6.07, 6.45) is 5.06. The van der Waals surface area contributed by atoms with Crippen LogP contribution in [0.4, 0.5) is 5.69 Å². The van der Waals surface area contributed by atoms with Gasteiger partial charge in [0.15, 0.2) is 0 Å². The number of rotatable bonds is 3. The molecule has 0 saturated heterocycles. The van der Waals surface area contributed by atoms with Crippen LogP contribution in [0.1, 0.15) is 48.5 Å². The van der Waals surface area contributed by atoms with Gasteiger partial charge in [-0.25, -0.2) is 0 Å². The number of aryl methyl sites for hydroxylation is 1. The first-order chi connectivity index (χ1) is 9.06. The molecule has 1 fully saturated rings. The summed E-state index contributed by atoms with van der Waals surface area (Å²) < 4.78 is 0. The number of anilines is 1. The fourth-order valence-electron chi connectivity index (χ4n) is 2.81. The Morgan fingerprint density at radius 1 is 1.32 bits per heavy atom. The third kappa shape index (κ3) is 3.72. The van der Waals surface area contributed by atoms with Gasteiger partial charge < -0.3 is 11.1 Å². The molecule has 0 aromatic heterocycles. The number of hydrogen-bond acceptors (Lipinski definition) is 2. The van der Waals surface area contributed by atoms with E-state index >= 15 is 0 Å². The van der Waals surface area contributed by atoms with E-state index in [4.69, 9.17) is 5.73 Å². The third-order valence-electron chi connectivity index (χ3n) is 4.18. The number of nitrogens with one attached hydrogen (secondary N) is 1. The maximum Gasteiger partial charge on any atom is 0.251 e. The van der Waals surface area contributed by atoms with Crippen LogP contribution in [0, 0.1) is 18.8 Å². The summed E-state index contributed by atoms with van der Waals surface area (Å²) in [5, 5.41) is 3.06. The van der Waals surface area contributed by atoms with E-state index in [1.54, 1.807) is 6.07 Å². The molecule has 1 aromatic carbocycles. The van der Waals surface area contributed by atoms with Crippen molar-refractivity contribution in [1.82, 2.24) is 5.32 Å². The van der Waals surface area contributed by atoms with Crippen molar-refractivity contribution in [2.45, 2.75) is 39.5 Å². The van der Waals surface area contributed by atoms with Crippen molar-refractivity contribution < 1.29 is 4.79 Å². The monoisotopic (exact) mass is 260 g/mol. The van der Waals surface area contributed by atoms with Crippen molar-refractivity contribution in [3.8, 4) is 0 Å². The molecule has 0 bridgehead atoms. The van der Waals surface area contributed by atoms with Gasteiger partial charge in [-0.1, -0.05) is 19.8 Å². The molecule has 0 radical (unpaired) electrons. The van der Waals surface area contributed by atoms with E-state index in [2.05, 4.69) is 12.2 Å². The predicted molar refractivity (Wildman–Crippen MR) is 79.0 cm³/mol. The summed E-state index contributed by atoms with van der Waals surface area (Å²) in [5.41, 5.74) is 8.08. The predicted octanol–water partition coefficient (Wildman–Crippen LogP) is 3.13. The van der Waals surface area contributed by atoms with Gasteiger partial charge in [0, 0.05) is 17.8 Å². The van der Waals surface area contributed by atoms with Gasteiger partial charge in [-0.15, -0.1) is 0 Å². The smallest absolute Gasteiger partial charge is 0.251 e. The Kier molecular flexibility index (Phi) is 4.46. The second kappa shape index (κ2) is 6.09. The Morgan fingerprint density at radius 3 is 2.63 bits per heavy atom. The summed E-state index contributed by atoms with van der Waals surface area (Å²) in [4.78, 5) is 12.1. The number of carbonyl (C=O) groups is 1. The molecule has 3 nitrogen and oxygen atoms in total. The average Bonchev–Trinajstić information content (AvgIpc) is 2.37. The standard InChI is InChI=1S/C16H24N2O/c1-11-3-5-13(6-4-11)10-18-16(19)15-8-7-14(17)9-12(15)2/h7-9,11,13H,3-6,10,17H2,1-2H3,(H,18,19). The quantitative estimate of drug-likeness (QED) is 0.820. The first-order valence-electron chi connectivity index (χ1n) is 7.20. The summed E-state index contributed by atoms with van der Waals surface area (Å²) >= 11 is 0. The molecule has 0 aliphatic heterocycles. The van der Waals surface area contributed by atoms with E-state index in [1.807, 2.05) is 19.1 Å². The number of nitrogens with two attached hydrogens (primary N) is 1. The van der Waals surface area contributed by atoms with Crippen LogP contribution < -0.4 is 11.1 Å². The molecule has 0 spiro atoms. The number of benzene rings is 1. The molecule has 1 aromatic rings. The third-order valence-corrected chi connectivity index (χ3v) is 4.18. The summed E-state index contributed by atoms with van der Waals surface area (Å²) in [5.74, 6) is 1.52. The minimum atomic E-state index is 0.0242. The number of amides is 1. The first-order valence-corrected chi connectivity index (χ1v) is 7.20. The lowest BCUT2D eigenvalue weighted by atomic mass is 9.83. The summed E-state index contributed by atoms with van der Waals surface area (Å²) in [6, 6.07) is 5.43. The van der Waals surface area contributed by atoms with Gasteiger partial charge in [0.05, 0.1) is 0 Å². The Morgan fingerprint density at radius 2 is 2.00 bits per heavy atom. The summed E-state index contributed by atoms with van der Waals surface area (Å²) in [7, 11) is 0. The zero-order chi connectivity index (χ0) is 13.8. The lowest BCUT2D eigenvalue weighted by Gasteiger charge is -2.26. The molecule has 0 atom stereocenters. The van der Waals surface area contributed by atoms with E-state index in [0.717, 1.165) is 23.6 Å². The topological polar surface area (TPSA) is 55.1 Å². The van der Waals surface area contributed by atoms with Crippen molar-refractivity contribution in [2.75, 3.05) is 12.3 Å². The van der Waals surface area contributed by atoms with Crippen LogP contribution in [-0.4, -0.2) is 12.5 Å². The molecule has 104 valence electrons. The van der Waals surface area contributed by atoms with Gasteiger partial charge in [0.25, 0.3) is 5.91 Å². The van der Waals surface area contributed by atoms with Crippen molar-refractivity contribution >= 4 is 11.6 Å². The van der Waals surface area contributed by atoms with Crippen LogP contribution >= 0.6 is 0 Å². The Labute approximate surface area is 115 Å². The second-order valence-electron chi connectivity index (χ2n) is 5.91. The Balaban J connectivity index is 1.87. The molecule has 0 unspecified atom stereocenters. The van der Waals surface area contributed by atoms with Crippen molar-refractivity contribution in [2.24, 2.45) is 11.8 Å². The SMILES string of the molecule is Cc1cc(N)ccc1C(=O)NCC1CCC(C)CC1. The van der Waals surface area contributed by atoms with E-state index in [0.29, 0.717) is 11.6 Å². The minimum absolute atomic E-state index is 0.0242. The molecular formula is C16H24N2O. The van der Waals surface area contributed by atoms with Gasteiger partial charge in [0.1, 0.15) is 0 Å². The largest absolute Gasteiger partial charge is 0.399 e. The van der Waals surface area contributed by atoms with E-state index in [1.165, 1.54) is 25.7 Å². The Bertz CT molecular complexity index is 448. The zero-order valence-corrected chi connectivity index (χ0v) is 11.9. The summed E-state index contributed by atoms with van der Waals surface area (Å²) in [6.45, 7) is 5.04. The second-order valence-corrected chi connectivity index (χ2v) is 5.91. The molecule has 1 aliphatic rings. The van der Waals surface area contributed by atoms with Crippen molar-refractivity contribution in [3.05, 3.63) is 29.3 Å². The first kappa shape index (κ1) is 13.9. The normalized spacial score (nSPS) is 23.1. The maximum atomic E-state index is 12.1. The van der Waals surface area contributed by atoms with Gasteiger partial charge in [0.2, 0.25) is 0 Å². The molecule has 19 heavy (non-hydrogen) atoms. The van der Waals surface area contributed by atoms with Crippen LogP contribution in [0.3, 0.4) is 0 Å². The average molecular weight is 260 g/mol. The highest BCUT2D eigenvalue weighted by Crippen LogP contribution is 2.27. The lowest BCUT2D eigenvalue weighted by Crippen LogP contribution is -2.31. The van der Waals surface area contributed by atoms with Crippen LogP contribution in [0.5, 0.6) is 0 Å². The molecule has 1 saturated carbocycles. The van der Waals surface area contributed by atoms with Gasteiger partial charge in [-0.2, -0.15) is 0 Å². The van der Waals surface area contributed by atoms with E-state index in [9.17, 15) is 4.79 Å². The van der Waals surface area contributed by atoms with Crippen molar-refractivity contribution in [3.63, 3.8) is 0 Å². The molecular weight excluding hydrogens is 236 g/mol. The zero-order valence-electron chi connectivity index (χ0n) is 11.9. The number of carbonyl (C=O) groups excluding carboxylic acids is 1. The van der Waals surface area contributed by atoms with Gasteiger partial charge >= 0.3 is 0 Å². The van der Waals surface area contributed by atoms with Crippen LogP contribution in [0.25, 0.3) is 0 Å². The lowest BCUT2D eigenvalue weighted by molar-refractivity contribution is 0.0941. The maximum absolute atomic E-state index is 12.1. The molecule has 3 heteroatoms. The molecule has 0 heterocycles. The fourth-order valence-corrected chi connectivity index (χ4v) is 2.81. The molecule has 1 aliphatic carbocycles. The molecule has 1 amide bonds.